The van der Waals surface area contributed by atoms with E-state index in [1.54, 1.807) is 0 Å². The first-order valence-corrected chi connectivity index (χ1v) is 7.17. The van der Waals surface area contributed by atoms with Crippen LogP contribution in [0.5, 0.6) is 0 Å². The Kier molecular flexibility index (Phi) is 3.35. The lowest BCUT2D eigenvalue weighted by atomic mass is 10.1. The standard InChI is InChI=1S/C17H20N2O/c1-12-10-16(13(2)19(12)15-8-9-15)17(20)11-18-14-6-4-3-5-7-14/h3-7,10,15,18H,8-9,11H2,1-2H3. The number of hydrogen-bond acceptors (Lipinski definition) is 2. The molecule has 20 heavy (non-hydrogen) atoms. The van der Waals surface area contributed by atoms with Gasteiger partial charge < -0.3 is 9.88 Å². The van der Waals surface area contributed by atoms with Crippen molar-refractivity contribution in [2.24, 2.45) is 0 Å². The highest BCUT2D eigenvalue weighted by molar-refractivity contribution is 6.00. The van der Waals surface area contributed by atoms with E-state index in [0.29, 0.717) is 12.6 Å². The summed E-state index contributed by atoms with van der Waals surface area (Å²) in [5, 5.41) is 3.18. The maximum absolute atomic E-state index is 12.4. The number of aromatic nitrogens is 1. The predicted molar refractivity (Wildman–Crippen MR) is 81.4 cm³/mol. The molecule has 0 spiro atoms. The Hall–Kier alpha value is -2.03. The Morgan fingerprint density at radius 1 is 1.25 bits per heavy atom. The lowest BCUT2D eigenvalue weighted by Gasteiger charge is -2.08. The number of anilines is 1. The average Bonchev–Trinajstić information content (AvgIpc) is 3.23. The molecule has 1 fully saturated rings. The number of carbonyl (C=O) groups excluding carboxylic acids is 1. The quantitative estimate of drug-likeness (QED) is 0.838. The highest BCUT2D eigenvalue weighted by atomic mass is 16.1. The SMILES string of the molecule is Cc1cc(C(=O)CNc2ccccc2)c(C)n1C1CC1. The second-order valence-corrected chi connectivity index (χ2v) is 5.53. The number of Topliss-reactive ketones (excluding diaryl/α,β-unsaturated/α-hetero) is 1. The van der Waals surface area contributed by atoms with Gasteiger partial charge in [0, 0.05) is 28.7 Å². The van der Waals surface area contributed by atoms with Crippen molar-refractivity contribution in [2.75, 3.05) is 11.9 Å². The van der Waals surface area contributed by atoms with Crippen molar-refractivity contribution < 1.29 is 4.79 Å². The van der Waals surface area contributed by atoms with Gasteiger partial charge in [0.15, 0.2) is 5.78 Å². The molecule has 1 aromatic carbocycles. The van der Waals surface area contributed by atoms with Crippen LogP contribution in [0.2, 0.25) is 0 Å². The van der Waals surface area contributed by atoms with Crippen LogP contribution in [0.15, 0.2) is 36.4 Å². The lowest BCUT2D eigenvalue weighted by Crippen LogP contribution is -2.14. The van der Waals surface area contributed by atoms with E-state index in [4.69, 9.17) is 0 Å². The Balaban J connectivity index is 1.73. The summed E-state index contributed by atoms with van der Waals surface area (Å²) in [6.07, 6.45) is 2.48. The molecule has 0 amide bonds. The fourth-order valence-electron chi connectivity index (χ4n) is 2.79. The van der Waals surface area contributed by atoms with Crippen LogP contribution in [-0.2, 0) is 0 Å². The molecule has 1 aliphatic rings. The minimum atomic E-state index is 0.161. The third-order valence-electron chi connectivity index (χ3n) is 3.92. The van der Waals surface area contributed by atoms with Crippen LogP contribution >= 0.6 is 0 Å². The van der Waals surface area contributed by atoms with Gasteiger partial charge in [0.05, 0.1) is 6.54 Å². The van der Waals surface area contributed by atoms with Crippen molar-refractivity contribution >= 4 is 11.5 Å². The van der Waals surface area contributed by atoms with Crippen molar-refractivity contribution in [1.29, 1.82) is 0 Å². The second kappa shape index (κ2) is 5.16. The minimum absolute atomic E-state index is 0.161. The van der Waals surface area contributed by atoms with Gasteiger partial charge in [-0.05, 0) is 44.9 Å². The van der Waals surface area contributed by atoms with Gasteiger partial charge >= 0.3 is 0 Å². The first-order valence-electron chi connectivity index (χ1n) is 7.17. The van der Waals surface area contributed by atoms with E-state index in [-0.39, 0.29) is 5.78 Å². The third kappa shape index (κ3) is 2.48. The molecule has 0 unspecified atom stereocenters. The molecule has 0 saturated heterocycles. The number of ketones is 1. The van der Waals surface area contributed by atoms with Crippen LogP contribution < -0.4 is 5.32 Å². The summed E-state index contributed by atoms with van der Waals surface area (Å²) < 4.78 is 2.32. The Morgan fingerprint density at radius 2 is 1.95 bits per heavy atom. The number of rotatable bonds is 5. The van der Waals surface area contributed by atoms with Crippen molar-refractivity contribution in [3.05, 3.63) is 53.3 Å². The number of nitrogens with one attached hydrogen (secondary N) is 1. The van der Waals surface area contributed by atoms with Crippen LogP contribution in [0.4, 0.5) is 5.69 Å². The van der Waals surface area contributed by atoms with Gasteiger partial charge in [0.1, 0.15) is 0 Å². The van der Waals surface area contributed by atoms with Gasteiger partial charge in [-0.25, -0.2) is 0 Å². The molecule has 0 aliphatic heterocycles. The number of aryl methyl sites for hydroxylation is 1. The summed E-state index contributed by atoms with van der Waals surface area (Å²) in [5.41, 5.74) is 4.16. The topological polar surface area (TPSA) is 34.0 Å². The molecule has 1 N–H and O–H groups in total. The number of benzene rings is 1. The maximum Gasteiger partial charge on any atom is 0.183 e. The van der Waals surface area contributed by atoms with Gasteiger partial charge in [0.25, 0.3) is 0 Å². The number of nitrogens with zero attached hydrogens (tertiary/aromatic N) is 1. The number of hydrogen-bond donors (Lipinski definition) is 1. The van der Waals surface area contributed by atoms with E-state index in [2.05, 4.69) is 23.7 Å². The molecule has 1 aliphatic carbocycles. The second-order valence-electron chi connectivity index (χ2n) is 5.53. The highest BCUT2D eigenvalue weighted by Crippen LogP contribution is 2.38. The molecule has 3 heteroatoms. The highest BCUT2D eigenvalue weighted by Gasteiger charge is 2.28. The van der Waals surface area contributed by atoms with E-state index in [9.17, 15) is 4.79 Å². The first-order chi connectivity index (χ1) is 9.66. The van der Waals surface area contributed by atoms with E-state index in [1.165, 1.54) is 18.5 Å². The molecule has 3 rings (SSSR count). The zero-order valence-electron chi connectivity index (χ0n) is 12.0. The third-order valence-corrected chi connectivity index (χ3v) is 3.92. The monoisotopic (exact) mass is 268 g/mol. The van der Waals surface area contributed by atoms with E-state index in [1.807, 2.05) is 36.4 Å². The normalized spacial score (nSPS) is 14.3. The lowest BCUT2D eigenvalue weighted by molar-refractivity contribution is 0.101. The molecule has 0 atom stereocenters. The van der Waals surface area contributed by atoms with Gasteiger partial charge in [-0.2, -0.15) is 0 Å². The van der Waals surface area contributed by atoms with Crippen molar-refractivity contribution in [1.82, 2.24) is 4.57 Å². The molecule has 0 radical (unpaired) electrons. The van der Waals surface area contributed by atoms with E-state index < -0.39 is 0 Å². The van der Waals surface area contributed by atoms with Gasteiger partial charge in [-0.15, -0.1) is 0 Å². The van der Waals surface area contributed by atoms with Crippen LogP contribution in [0.1, 0.15) is 40.6 Å². The summed E-state index contributed by atoms with van der Waals surface area (Å²) in [7, 11) is 0. The molecule has 0 bridgehead atoms. The summed E-state index contributed by atoms with van der Waals surface area (Å²) in [5.74, 6) is 0.161. The first kappa shape index (κ1) is 13.0. The van der Waals surface area contributed by atoms with E-state index in [0.717, 1.165) is 16.9 Å². The molecule has 1 aromatic heterocycles. The van der Waals surface area contributed by atoms with Crippen molar-refractivity contribution in [3.8, 4) is 0 Å². The van der Waals surface area contributed by atoms with Crippen LogP contribution in [-0.4, -0.2) is 16.9 Å². The molecule has 3 nitrogen and oxygen atoms in total. The van der Waals surface area contributed by atoms with Gasteiger partial charge in [-0.1, -0.05) is 18.2 Å². The maximum atomic E-state index is 12.4. The molecular weight excluding hydrogens is 248 g/mol. The zero-order valence-corrected chi connectivity index (χ0v) is 12.0. The summed E-state index contributed by atoms with van der Waals surface area (Å²) in [6, 6.07) is 12.5. The van der Waals surface area contributed by atoms with Crippen LogP contribution in [0, 0.1) is 13.8 Å². The predicted octanol–water partition coefficient (Wildman–Crippen LogP) is 3.73. The largest absolute Gasteiger partial charge is 0.378 e. The Bertz CT molecular complexity index is 624. The average molecular weight is 268 g/mol. The Labute approximate surface area is 119 Å². The molecule has 1 saturated carbocycles. The van der Waals surface area contributed by atoms with Crippen LogP contribution in [0.25, 0.3) is 0 Å². The molecule has 2 aromatic rings. The Morgan fingerprint density at radius 3 is 2.60 bits per heavy atom. The van der Waals surface area contributed by atoms with Crippen molar-refractivity contribution in [2.45, 2.75) is 32.7 Å². The smallest absolute Gasteiger partial charge is 0.183 e. The molecule has 104 valence electrons. The summed E-state index contributed by atoms with van der Waals surface area (Å²) >= 11 is 0. The van der Waals surface area contributed by atoms with Crippen LogP contribution in [0.3, 0.4) is 0 Å². The van der Waals surface area contributed by atoms with Crippen molar-refractivity contribution in [3.63, 3.8) is 0 Å². The summed E-state index contributed by atoms with van der Waals surface area (Å²) in [4.78, 5) is 12.4. The van der Waals surface area contributed by atoms with Gasteiger partial charge in [0.2, 0.25) is 0 Å². The fraction of sp³-hybridized carbons (Fsp3) is 0.353. The summed E-state index contributed by atoms with van der Waals surface area (Å²) in [6.45, 7) is 4.49. The minimum Gasteiger partial charge on any atom is -0.378 e. The number of para-hydroxylation sites is 1. The zero-order chi connectivity index (χ0) is 14.1. The number of carbonyl (C=O) groups is 1. The molecular formula is C17H20N2O. The van der Waals surface area contributed by atoms with Gasteiger partial charge in [-0.3, -0.25) is 4.79 Å². The van der Waals surface area contributed by atoms with E-state index >= 15 is 0 Å². The molecule has 1 heterocycles. The fourth-order valence-corrected chi connectivity index (χ4v) is 2.79.